The largest absolute Gasteiger partial charge is 0.383 e. The summed E-state index contributed by atoms with van der Waals surface area (Å²) in [5, 5.41) is 10.3. The van der Waals surface area contributed by atoms with E-state index in [0.29, 0.717) is 73.2 Å². The first kappa shape index (κ1) is 73.5. The number of amides is 3. The number of anilines is 3. The topological polar surface area (TPSA) is 259 Å². The fourth-order valence-electron chi connectivity index (χ4n) is 9.81. The third-order valence-corrected chi connectivity index (χ3v) is 19.5. The van der Waals surface area contributed by atoms with Crippen LogP contribution in [0.1, 0.15) is 68.6 Å². The van der Waals surface area contributed by atoms with Gasteiger partial charge in [-0.25, -0.2) is 61.2 Å². The van der Waals surface area contributed by atoms with Crippen LogP contribution in [0.25, 0.3) is 48.4 Å². The lowest BCUT2D eigenvalue weighted by Gasteiger charge is -2.17. The van der Waals surface area contributed by atoms with Gasteiger partial charge in [0, 0.05) is 88.9 Å². The number of nitrogen functional groups attached to an aromatic ring is 2. The van der Waals surface area contributed by atoms with Crippen molar-refractivity contribution in [3.05, 3.63) is 274 Å². The van der Waals surface area contributed by atoms with E-state index in [2.05, 4.69) is 101 Å². The van der Waals surface area contributed by atoms with Crippen molar-refractivity contribution in [2.45, 2.75) is 52.4 Å². The molecule has 7 aromatic heterocycles. The molecule has 0 unspecified atom stereocenters. The number of hydrogen-bond acceptors (Lipinski definition) is 16. The van der Waals surface area contributed by atoms with Crippen molar-refractivity contribution in [1.82, 2.24) is 50.4 Å². The van der Waals surface area contributed by atoms with Crippen LogP contribution < -0.4 is 33.2 Å². The van der Waals surface area contributed by atoms with E-state index in [1.54, 1.807) is 47.1 Å². The first-order chi connectivity index (χ1) is 48.3. The van der Waals surface area contributed by atoms with Gasteiger partial charge in [-0.15, -0.1) is 28.2 Å². The van der Waals surface area contributed by atoms with Crippen LogP contribution in [0.15, 0.2) is 171 Å². The molecule has 3 amide bonds. The second-order valence-corrected chi connectivity index (χ2v) is 32.0. The molecule has 0 saturated carbocycles. The Bertz CT molecular complexity index is 5210. The predicted octanol–water partition coefficient (Wildman–Crippen LogP) is 16.0. The highest BCUT2D eigenvalue weighted by molar-refractivity contribution is 14.1. The molecule has 0 aliphatic carbocycles. The van der Waals surface area contributed by atoms with E-state index >= 15 is 0 Å². The zero-order valence-corrected chi connectivity index (χ0v) is 59.9. The van der Waals surface area contributed by atoms with Crippen LogP contribution in [0.5, 0.6) is 0 Å². The highest BCUT2D eigenvalue weighted by Gasteiger charge is 2.34. The van der Waals surface area contributed by atoms with E-state index in [1.807, 2.05) is 71.1 Å². The third-order valence-electron chi connectivity index (χ3n) is 14.9. The molecule has 1 aliphatic heterocycles. The Morgan fingerprint density at radius 2 is 1.08 bits per heavy atom. The van der Waals surface area contributed by atoms with E-state index in [9.17, 15) is 40.7 Å². The molecule has 0 atom stereocenters. The Morgan fingerprint density at radius 3 is 1.60 bits per heavy atom. The average Bonchev–Trinajstić information content (AvgIpc) is 1.63. The number of carbonyl (C=O) groups excluding carboxylic acids is 3. The number of carbonyl (C=O) groups is 3. The molecule has 101 heavy (non-hydrogen) atoms. The zero-order chi connectivity index (χ0) is 72.2. The number of aromatic nitrogens is 7. The summed E-state index contributed by atoms with van der Waals surface area (Å²) in [4.78, 5) is 72.4. The summed E-state index contributed by atoms with van der Waals surface area (Å²) in [5.41, 5.74) is 28.3. The maximum Gasteiger partial charge on any atom is 0.263 e. The van der Waals surface area contributed by atoms with E-state index in [-0.39, 0.29) is 47.0 Å². The zero-order valence-electron chi connectivity index (χ0n) is 53.6. The minimum Gasteiger partial charge on any atom is -0.383 e. The van der Waals surface area contributed by atoms with E-state index in [4.69, 9.17) is 40.4 Å². The van der Waals surface area contributed by atoms with E-state index in [1.165, 1.54) is 57.9 Å². The fourth-order valence-corrected chi connectivity index (χ4v) is 13.5. The summed E-state index contributed by atoms with van der Waals surface area (Å²) >= 11 is 17.2. The Kier molecular flexibility index (Phi) is 23.9. The number of rotatable bonds is 14. The van der Waals surface area contributed by atoms with Crippen LogP contribution >= 0.6 is 68.5 Å². The van der Waals surface area contributed by atoms with Gasteiger partial charge in [0.2, 0.25) is 0 Å². The number of pyridine rings is 3. The van der Waals surface area contributed by atoms with Gasteiger partial charge in [0.05, 0.1) is 40.8 Å². The van der Waals surface area contributed by atoms with Crippen molar-refractivity contribution in [2.24, 2.45) is 5.73 Å². The summed E-state index contributed by atoms with van der Waals surface area (Å²) < 4.78 is 79.7. The smallest absolute Gasteiger partial charge is 0.263 e. The van der Waals surface area contributed by atoms with Crippen molar-refractivity contribution in [3.8, 4) is 32.3 Å². The molecule has 0 fully saturated rings. The summed E-state index contributed by atoms with van der Waals surface area (Å²) in [6, 6.07) is 35.6. The number of thiophene rings is 2. The lowest BCUT2D eigenvalue weighted by atomic mass is 10.1. The predicted molar refractivity (Wildman–Crippen MR) is 396 cm³/mol. The van der Waals surface area contributed by atoms with Gasteiger partial charge in [-0.2, -0.15) is 0 Å². The molecule has 8 heterocycles. The number of hydrogen-bond donors (Lipinski definition) is 6. The van der Waals surface area contributed by atoms with Crippen LogP contribution in [-0.4, -0.2) is 65.6 Å². The van der Waals surface area contributed by atoms with Gasteiger partial charge in [-0.05, 0) is 154 Å². The van der Waals surface area contributed by atoms with Crippen molar-refractivity contribution >= 4 is 139 Å². The number of halogens is 9. The lowest BCUT2D eigenvalue weighted by molar-refractivity contribution is 0.0842. The monoisotopic (exact) mass is 1570 g/mol. The molecule has 512 valence electrons. The lowest BCUT2D eigenvalue weighted by Crippen LogP contribution is -2.24. The fraction of sp³-hybridized carbons (Fsp3) is 0.111. The number of benzene rings is 5. The summed E-state index contributed by atoms with van der Waals surface area (Å²) in [7, 11) is -1.63. The molecule has 13 rings (SSSR count). The Labute approximate surface area is 607 Å². The Hall–Kier alpha value is -10.2. The van der Waals surface area contributed by atoms with Crippen LogP contribution in [0.4, 0.5) is 43.8 Å². The second-order valence-electron chi connectivity index (χ2n) is 23.1. The van der Waals surface area contributed by atoms with Gasteiger partial charge < -0.3 is 38.1 Å². The standard InChI is InChI=1S/C28H20F2N6OS.C18H17ClF2N2OSi.C13H8ClF2IN2O.C13H12N4S/c1-15-19-8-9-32-27(25(19)28(37)36(15)13-16-2-5-21(29)22(30)10-16)33-12-18-4-7-24(38-18)17-3-6-23-20(11-17)26(31)35-14-34-23;1-25(2,3)9-7-13-6-8-22-17(19)16(13)18(24)23-11-12-4-5-14(20)15(21)10-12;14-12-11(10(17)3-4-18-12)13(20)19-6-7-1-2-8(15)9(16)5-7;14-6-9-2-4-12(18-9)8-1-3-11-10(5-8)13(15)17-7-16-11/h2-11,14H,1,12-13H2,(H,32,33)(H2,31,34,35);4-6,8,10H,11H2,1-3H3,(H,23,24);1-5H,6H2,(H,19,20);1-5,7H,6,14H2,(H2,15,16,17). The molecular formula is C72H57Cl2F6IN14O3S2Si. The maximum atomic E-state index is 13.7. The molecule has 1 aliphatic rings. The molecule has 0 spiro atoms. The average molecular weight is 1570 g/mol. The van der Waals surface area contributed by atoms with Gasteiger partial charge in [-0.3, -0.25) is 14.4 Å². The Balaban J connectivity index is 0.000000152. The van der Waals surface area contributed by atoms with Crippen molar-refractivity contribution < 1.29 is 40.7 Å². The number of nitrogens with two attached hydrogens (primary N) is 3. The van der Waals surface area contributed by atoms with Crippen molar-refractivity contribution in [1.29, 1.82) is 0 Å². The molecule has 5 aromatic carbocycles. The van der Waals surface area contributed by atoms with Gasteiger partial charge in [0.25, 0.3) is 17.7 Å². The molecule has 29 heteroatoms. The maximum absolute atomic E-state index is 13.7. The minimum absolute atomic E-state index is 0.0299. The minimum atomic E-state index is -1.63. The van der Waals surface area contributed by atoms with Crippen molar-refractivity contribution in [2.75, 3.05) is 16.8 Å². The first-order valence-corrected chi connectivity index (χ1v) is 37.3. The van der Waals surface area contributed by atoms with E-state index < -0.39 is 54.8 Å². The summed E-state index contributed by atoms with van der Waals surface area (Å²) in [6.07, 6.45) is 7.53. The van der Waals surface area contributed by atoms with Crippen LogP contribution in [0.2, 0.25) is 29.9 Å². The van der Waals surface area contributed by atoms with Crippen molar-refractivity contribution in [3.63, 3.8) is 0 Å². The van der Waals surface area contributed by atoms with Crippen LogP contribution in [0, 0.1) is 49.9 Å². The first-order valence-electron chi connectivity index (χ1n) is 30.3. The highest BCUT2D eigenvalue weighted by atomic mass is 127. The van der Waals surface area contributed by atoms with E-state index in [0.717, 1.165) is 79.1 Å². The Morgan fingerprint density at radius 1 is 0.584 bits per heavy atom. The van der Waals surface area contributed by atoms with Gasteiger partial charge in [0.1, 0.15) is 48.5 Å². The molecule has 9 N–H and O–H groups in total. The van der Waals surface area contributed by atoms with Crippen LogP contribution in [-0.2, 0) is 32.7 Å². The summed E-state index contributed by atoms with van der Waals surface area (Å²) in [6.45, 7) is 11.5. The number of nitrogens with one attached hydrogen (secondary N) is 3. The number of fused-ring (bicyclic) bond motifs is 3. The number of nitrogens with zero attached hydrogens (tertiary/aromatic N) is 8. The second kappa shape index (κ2) is 32.9. The molecule has 12 aromatic rings. The van der Waals surface area contributed by atoms with Crippen LogP contribution in [0.3, 0.4) is 0 Å². The molecule has 17 nitrogen and oxygen atoms in total. The molecular weight excluding hydrogens is 1510 g/mol. The molecule has 0 saturated heterocycles. The van der Waals surface area contributed by atoms with Gasteiger partial charge >= 0.3 is 0 Å². The third kappa shape index (κ3) is 18.4. The highest BCUT2D eigenvalue weighted by Crippen LogP contribution is 2.38. The normalized spacial score (nSPS) is 11.5. The quantitative estimate of drug-likeness (QED) is 0.0195. The summed E-state index contributed by atoms with van der Waals surface area (Å²) in [5.74, 6) is -2.47. The van der Waals surface area contributed by atoms with Gasteiger partial charge in [0.15, 0.2) is 34.9 Å². The van der Waals surface area contributed by atoms with Gasteiger partial charge in [-0.1, -0.05) is 85.7 Å². The SMILES string of the molecule is C=C1c2ccnc(NCc3ccc(-c4ccc5ncnc(N)c5c4)s3)c2C(=O)N1Cc1ccc(F)c(F)c1.C[Si](C)(C)C#Cc1ccnc(Cl)c1C(=O)NCc1ccc(F)c(F)c1.NCc1ccc(-c2ccc3ncnc(N)c3c2)s1.O=C(NCc1ccc(F)c(F)c1)c1c(I)ccnc1Cl. The molecule has 0 bridgehead atoms. The molecule has 0 radical (unpaired) electrons.